The van der Waals surface area contributed by atoms with E-state index < -0.39 is 0 Å². The topological polar surface area (TPSA) is 0 Å². The van der Waals surface area contributed by atoms with Crippen molar-refractivity contribution in [2.75, 3.05) is 0 Å². The molecule has 236 valence electrons. The van der Waals surface area contributed by atoms with Crippen LogP contribution in [0.3, 0.4) is 0 Å². The Labute approximate surface area is 297 Å². The number of fused-ring (bicyclic) bond motifs is 5. The Hall–Kier alpha value is -1.40. The summed E-state index contributed by atoms with van der Waals surface area (Å²) in [5.41, 5.74) is 15.0. The van der Waals surface area contributed by atoms with Crippen LogP contribution in [0, 0.1) is 12.5 Å². The fraction of sp³-hybridized carbons (Fsp3) is 0.463. The van der Waals surface area contributed by atoms with E-state index in [2.05, 4.69) is 110 Å². The number of hydrogen-bond acceptors (Lipinski definition) is 0. The molecule has 0 amide bonds. The Morgan fingerprint density at radius 3 is 1.89 bits per heavy atom. The molecule has 0 unspecified atom stereocenters. The molecule has 2 aromatic rings. The van der Waals surface area contributed by atoms with Crippen LogP contribution >= 0.6 is 0 Å². The maximum atomic E-state index is 2.99. The number of rotatable bonds is 6. The molecule has 0 fully saturated rings. The molecule has 3 heteroatoms. The molecule has 0 bridgehead atoms. The standard InChI is InChI=1S/C27H29.C9H18.C5H5.2ClH.Zr/c1-16-7-9-26(3,4)24-12-18-11-19-13-25-21(17(2)8-10-27(25,5)6)15-23(19)22(18)14-20(16)24;1-3-5-7-9-8-6-4-2;1-2-4-5-3-1;;;/h7-9,12-15H,10-11H2,1-6H3;3-8H2,1-2H3;1-3H,4H2;2*1H;/q-1;;-1;;;+2/p-2. The molecule has 0 heterocycles. The molecule has 2 aromatic carbocycles. The first-order chi connectivity index (χ1) is 20.0. The van der Waals surface area contributed by atoms with Crippen LogP contribution in [0.5, 0.6) is 0 Å². The van der Waals surface area contributed by atoms with Crippen LogP contribution in [-0.2, 0) is 41.5 Å². The number of halogens is 2. The van der Waals surface area contributed by atoms with Crippen molar-refractivity contribution in [1.29, 1.82) is 0 Å². The van der Waals surface area contributed by atoms with E-state index in [1.165, 1.54) is 94.2 Å². The van der Waals surface area contributed by atoms with Gasteiger partial charge in [0, 0.05) is 0 Å². The van der Waals surface area contributed by atoms with Gasteiger partial charge in [-0.15, -0.1) is 18.9 Å². The Bertz CT molecular complexity index is 1330. The first-order valence-corrected chi connectivity index (χ1v) is 17.5. The first-order valence-electron chi connectivity index (χ1n) is 16.3. The molecule has 0 radical (unpaired) electrons. The van der Waals surface area contributed by atoms with Gasteiger partial charge in [-0.1, -0.05) is 62.9 Å². The summed E-state index contributed by atoms with van der Waals surface area (Å²) in [6, 6.07) is 9.95. The van der Waals surface area contributed by atoms with Crippen molar-refractivity contribution >= 4 is 14.4 Å². The van der Waals surface area contributed by atoms with Crippen molar-refractivity contribution in [2.24, 2.45) is 0 Å². The monoisotopic (exact) mass is 704 g/mol. The minimum atomic E-state index is 0. The first kappa shape index (κ1) is 38.8. The van der Waals surface area contributed by atoms with Crippen LogP contribution in [0.2, 0.25) is 0 Å². The summed E-state index contributed by atoms with van der Waals surface area (Å²) in [4.78, 5) is 0. The molecule has 0 saturated carbocycles. The molecule has 0 N–H and O–H groups in total. The van der Waals surface area contributed by atoms with Crippen molar-refractivity contribution in [1.82, 2.24) is 0 Å². The minimum Gasteiger partial charge on any atom is -1.00 e. The normalized spacial score (nSPS) is 16.9. The predicted molar refractivity (Wildman–Crippen MR) is 183 cm³/mol. The van der Waals surface area contributed by atoms with Crippen LogP contribution in [-0.4, -0.2) is 3.21 Å². The third-order valence-electron chi connectivity index (χ3n) is 9.35. The van der Waals surface area contributed by atoms with Crippen molar-refractivity contribution in [2.45, 2.75) is 124 Å². The fourth-order valence-corrected chi connectivity index (χ4v) is 7.29. The van der Waals surface area contributed by atoms with Gasteiger partial charge in [0.15, 0.2) is 0 Å². The molecule has 0 atom stereocenters. The van der Waals surface area contributed by atoms with Crippen molar-refractivity contribution in [3.8, 4) is 11.1 Å². The van der Waals surface area contributed by atoms with E-state index in [4.69, 9.17) is 0 Å². The molecule has 44 heavy (non-hydrogen) atoms. The molecule has 6 rings (SSSR count). The van der Waals surface area contributed by atoms with Gasteiger partial charge >= 0.3 is 79.8 Å². The zero-order valence-electron chi connectivity index (χ0n) is 28.4. The van der Waals surface area contributed by atoms with Gasteiger partial charge in [0.1, 0.15) is 0 Å². The molecule has 0 aromatic heterocycles. The van der Waals surface area contributed by atoms with Gasteiger partial charge in [-0.25, -0.2) is 24.6 Å². The average molecular weight is 707 g/mol. The van der Waals surface area contributed by atoms with Gasteiger partial charge < -0.3 is 24.8 Å². The second-order valence-electron chi connectivity index (χ2n) is 13.8. The summed E-state index contributed by atoms with van der Waals surface area (Å²) in [6.07, 6.45) is 27.6. The fourth-order valence-electron chi connectivity index (χ4n) is 6.42. The maximum absolute atomic E-state index is 2.99. The SMILES string of the molecule is CC1=C[CH-]C(C)(C)c2cc3c(cc21)-c1cc2c(cc1C3)C(C)(C)CC=C2C.CCCC[C](=[Zr+2])CCCC.[C-]1=CC=CC1.[Cl-].[Cl-]. The molecule has 4 aliphatic rings. The van der Waals surface area contributed by atoms with E-state index in [0.29, 0.717) is 0 Å². The van der Waals surface area contributed by atoms with Crippen molar-refractivity contribution in [3.63, 3.8) is 0 Å². The van der Waals surface area contributed by atoms with E-state index in [9.17, 15) is 0 Å². The molecule has 0 aliphatic heterocycles. The van der Waals surface area contributed by atoms with Crippen LogP contribution in [0.25, 0.3) is 22.3 Å². The predicted octanol–water partition coefficient (Wildman–Crippen LogP) is 5.64. The summed E-state index contributed by atoms with van der Waals surface area (Å²) in [5, 5.41) is 0. The summed E-state index contributed by atoms with van der Waals surface area (Å²) in [6.45, 7) is 18.5. The molecule has 4 aliphatic carbocycles. The number of allylic oxidation sites excluding steroid dienone is 8. The Kier molecular flexibility index (Phi) is 14.9. The summed E-state index contributed by atoms with van der Waals surface area (Å²) < 4.78 is 1.79. The summed E-state index contributed by atoms with van der Waals surface area (Å²) >= 11 is 1.67. The zero-order chi connectivity index (χ0) is 30.5. The second-order valence-corrected chi connectivity index (χ2v) is 15.6. The van der Waals surface area contributed by atoms with E-state index in [-0.39, 0.29) is 35.6 Å². The van der Waals surface area contributed by atoms with E-state index in [0.717, 1.165) is 19.3 Å². The molecule has 0 nitrogen and oxygen atoms in total. The van der Waals surface area contributed by atoms with Crippen molar-refractivity contribution < 1.29 is 49.0 Å². The quantitative estimate of drug-likeness (QED) is 0.292. The smallest absolute Gasteiger partial charge is 0.109 e. The summed E-state index contributed by atoms with van der Waals surface area (Å²) in [5.74, 6) is 0. The number of benzene rings is 2. The van der Waals surface area contributed by atoms with Crippen LogP contribution in [0.4, 0.5) is 0 Å². The zero-order valence-corrected chi connectivity index (χ0v) is 32.4. The number of unbranched alkanes of at least 4 members (excludes halogenated alkanes) is 2. The Morgan fingerprint density at radius 2 is 1.39 bits per heavy atom. The molecule has 0 spiro atoms. The largest absolute Gasteiger partial charge is 1.00 e. The third-order valence-corrected chi connectivity index (χ3v) is 10.6. The van der Waals surface area contributed by atoms with E-state index in [1.54, 1.807) is 27.4 Å². The Morgan fingerprint density at radius 1 is 0.818 bits per heavy atom. The van der Waals surface area contributed by atoms with Gasteiger partial charge in [-0.05, 0) is 70.2 Å². The van der Waals surface area contributed by atoms with Gasteiger partial charge in [-0.3, -0.25) is 6.08 Å². The van der Waals surface area contributed by atoms with Crippen LogP contribution in [0.15, 0.2) is 54.6 Å². The van der Waals surface area contributed by atoms with E-state index in [1.807, 2.05) is 12.2 Å². The average Bonchev–Trinajstić information content (AvgIpc) is 3.66. The van der Waals surface area contributed by atoms with E-state index >= 15 is 0 Å². The number of hydrogen-bond donors (Lipinski definition) is 0. The maximum Gasteiger partial charge on any atom is -0.109 e. The second kappa shape index (κ2) is 17.0. The van der Waals surface area contributed by atoms with Crippen LogP contribution < -0.4 is 24.8 Å². The van der Waals surface area contributed by atoms with Gasteiger partial charge in [0.25, 0.3) is 0 Å². The van der Waals surface area contributed by atoms with Crippen LogP contribution in [0.1, 0.15) is 140 Å². The molecular weight excluding hydrogens is 655 g/mol. The minimum absolute atomic E-state index is 0. The van der Waals surface area contributed by atoms with Crippen molar-refractivity contribution in [3.05, 3.63) is 101 Å². The van der Waals surface area contributed by atoms with Gasteiger partial charge in [0.05, 0.1) is 0 Å². The molecule has 0 saturated heterocycles. The third kappa shape index (κ3) is 9.11. The van der Waals surface area contributed by atoms with Gasteiger partial charge in [-0.2, -0.15) is 11.6 Å². The van der Waals surface area contributed by atoms with Gasteiger partial charge in [0.2, 0.25) is 0 Å². The molecular formula is C41H52Cl2Zr-2. The Balaban J connectivity index is 0.000000332. The summed E-state index contributed by atoms with van der Waals surface area (Å²) in [7, 11) is 0.